The Kier molecular flexibility index (Phi) is 13.3. The fourth-order valence-electron chi connectivity index (χ4n) is 5.62. The number of pyridine rings is 2. The average Bonchev–Trinajstić information content (AvgIpc) is 4.13. The van der Waals surface area contributed by atoms with E-state index in [1.165, 1.54) is 24.6 Å². The quantitative estimate of drug-likeness (QED) is 0.167. The maximum absolute atomic E-state index is 9.84. The van der Waals surface area contributed by atoms with Crippen molar-refractivity contribution in [3.05, 3.63) is 113 Å². The van der Waals surface area contributed by atoms with Crippen LogP contribution in [0.25, 0.3) is 31.9 Å². The average molecular weight is 822 g/mol. The van der Waals surface area contributed by atoms with Gasteiger partial charge in [-0.25, -0.2) is 32.5 Å². The molecule has 55 heavy (non-hydrogen) atoms. The third-order valence-electron chi connectivity index (χ3n) is 8.37. The van der Waals surface area contributed by atoms with Gasteiger partial charge in [-0.1, -0.05) is 42.1 Å². The summed E-state index contributed by atoms with van der Waals surface area (Å²) >= 11 is 1.33. The van der Waals surface area contributed by atoms with Crippen molar-refractivity contribution in [1.82, 2.24) is 9.97 Å². The molecular formula is C40H29BrMgN8O4S. The molecule has 9 rings (SSSR count). The van der Waals surface area contributed by atoms with E-state index in [4.69, 9.17) is 43.6 Å². The van der Waals surface area contributed by atoms with Gasteiger partial charge in [0.05, 0.1) is 30.0 Å². The second-order valence-corrected chi connectivity index (χ2v) is 13.1. The Morgan fingerprint density at radius 1 is 0.727 bits per heavy atom. The van der Waals surface area contributed by atoms with E-state index in [-0.39, 0.29) is 82.5 Å². The van der Waals surface area contributed by atoms with Crippen molar-refractivity contribution in [2.24, 2.45) is 0 Å². The van der Waals surface area contributed by atoms with Crippen molar-refractivity contribution < 1.29 is 35.9 Å². The normalized spacial score (nSPS) is 13.3. The number of aromatic nitrogens is 2. The maximum Gasteiger partial charge on any atom is 2.00 e. The number of nitrogens with zero attached hydrogens (tertiary/aromatic N) is 6. The van der Waals surface area contributed by atoms with Gasteiger partial charge in [0, 0.05) is 21.9 Å². The third-order valence-corrected chi connectivity index (χ3v) is 9.37. The Balaban J connectivity index is 0.000000191. The first kappa shape index (κ1) is 40.5. The topological polar surface area (TPSA) is 171 Å². The van der Waals surface area contributed by atoms with Crippen LogP contribution in [0.1, 0.15) is 48.4 Å². The number of rotatable bonds is 5. The smallest absolute Gasteiger partial charge is 1.00 e. The number of halogens is 1. The SMILES string of the molecule is [Br-].[C-]#[N+]c1c(N)nc(C2CC2)c(C#N)c1-c1ccc2c(c1)OCO2.[C-]#[N+]c1c(N)nc(Sc2ccccc2)c(C#N)c1-c1ccc2c(c1)OCO2.[CH-]1CC1.[Mg+2]. The molecule has 0 saturated heterocycles. The van der Waals surface area contributed by atoms with Gasteiger partial charge in [0.25, 0.3) is 0 Å². The summed E-state index contributed by atoms with van der Waals surface area (Å²) in [5.74, 6) is 2.98. The van der Waals surface area contributed by atoms with Crippen molar-refractivity contribution in [1.29, 1.82) is 10.5 Å². The molecule has 2 aromatic heterocycles. The number of anilines is 2. The van der Waals surface area contributed by atoms with Gasteiger partial charge in [0.2, 0.25) is 25.0 Å². The Hall–Kier alpha value is -5.68. The van der Waals surface area contributed by atoms with Crippen molar-refractivity contribution in [2.75, 3.05) is 25.1 Å². The molecule has 0 bridgehead atoms. The summed E-state index contributed by atoms with van der Waals surface area (Å²) in [4.78, 5) is 16.6. The minimum Gasteiger partial charge on any atom is -1.00 e. The van der Waals surface area contributed by atoms with Gasteiger partial charge in [-0.15, -0.1) is 0 Å². The van der Waals surface area contributed by atoms with E-state index < -0.39 is 0 Å². The standard InChI is InChI=1S/C20H12N4O2S.C17H12N4O2.C3H5.BrH.Mg/c1-23-18-17(12-7-8-15-16(9-12)26-11-25-15)14(10-21)20(24-19(18)22)27-13-5-3-2-4-6-13;1-20-16-14(10-4-5-12-13(6-10)23-8-22-12)11(7-18)15(9-2-3-9)21-17(16)19;1-2-3-1;;/h2-9H,11H2,(H2,22,24);4-6,9H,2-3,8H2,(H2,19,21);1H,2-3H2;1H;/q;;-1;;+2/p-1. The van der Waals surface area contributed by atoms with Gasteiger partial charge in [-0.3, -0.25) is 0 Å². The van der Waals surface area contributed by atoms with Crippen molar-refractivity contribution in [3.63, 3.8) is 0 Å². The molecule has 4 N–H and O–H groups in total. The van der Waals surface area contributed by atoms with Crippen LogP contribution in [0.3, 0.4) is 0 Å². The summed E-state index contributed by atoms with van der Waals surface area (Å²) in [6.45, 7) is 15.3. The molecule has 15 heteroatoms. The Morgan fingerprint density at radius 2 is 1.22 bits per heavy atom. The fraction of sp³-hybridized carbons (Fsp3) is 0.175. The van der Waals surface area contributed by atoms with Gasteiger partial charge in [0.15, 0.2) is 23.0 Å². The van der Waals surface area contributed by atoms with Crippen LogP contribution in [0.5, 0.6) is 23.0 Å². The molecule has 0 radical (unpaired) electrons. The minimum absolute atomic E-state index is 0. The molecule has 2 aliphatic heterocycles. The van der Waals surface area contributed by atoms with E-state index >= 15 is 0 Å². The summed E-state index contributed by atoms with van der Waals surface area (Å²) in [5.41, 5.74) is 16.2. The van der Waals surface area contributed by atoms with E-state index in [0.29, 0.717) is 67.1 Å². The first-order chi connectivity index (χ1) is 25.9. The zero-order chi connectivity index (χ0) is 36.9. The van der Waals surface area contributed by atoms with Gasteiger partial charge < -0.3 is 53.8 Å². The Labute approximate surface area is 348 Å². The van der Waals surface area contributed by atoms with E-state index in [0.717, 1.165) is 17.7 Å². The summed E-state index contributed by atoms with van der Waals surface area (Å²) in [5, 5.41) is 20.0. The second kappa shape index (κ2) is 18.1. The fourth-order valence-corrected chi connectivity index (χ4v) is 6.53. The molecule has 4 aliphatic rings. The molecule has 2 aliphatic carbocycles. The summed E-state index contributed by atoms with van der Waals surface area (Å²) in [7, 11) is 0. The first-order valence-electron chi connectivity index (χ1n) is 16.5. The van der Waals surface area contributed by atoms with Crippen LogP contribution in [0.4, 0.5) is 23.0 Å². The number of fused-ring (bicyclic) bond motifs is 2. The summed E-state index contributed by atoms with van der Waals surface area (Å²) in [6, 6.07) is 24.7. The summed E-state index contributed by atoms with van der Waals surface area (Å²) < 4.78 is 21.5. The van der Waals surface area contributed by atoms with Gasteiger partial charge in [-0.05, 0) is 60.4 Å². The molecule has 5 aromatic rings. The molecule has 0 unspecified atom stereocenters. The number of ether oxygens (including phenoxy) is 4. The largest absolute Gasteiger partial charge is 2.00 e. The third kappa shape index (κ3) is 8.83. The molecule has 2 fully saturated rings. The van der Waals surface area contributed by atoms with E-state index in [1.54, 1.807) is 30.3 Å². The summed E-state index contributed by atoms with van der Waals surface area (Å²) in [6.07, 6.45) is 7.00. The number of benzene rings is 3. The predicted molar refractivity (Wildman–Crippen MR) is 204 cm³/mol. The van der Waals surface area contributed by atoms with Crippen molar-refractivity contribution in [3.8, 4) is 57.4 Å². The molecule has 3 aromatic carbocycles. The molecule has 12 nitrogen and oxygen atoms in total. The van der Waals surface area contributed by atoms with Gasteiger partial charge in [-0.2, -0.15) is 10.5 Å². The molecule has 4 heterocycles. The van der Waals surface area contributed by atoms with Crippen LogP contribution in [-0.4, -0.2) is 46.6 Å². The molecule has 268 valence electrons. The van der Waals surface area contributed by atoms with E-state index in [1.807, 2.05) is 36.4 Å². The van der Waals surface area contributed by atoms with Gasteiger partial charge >= 0.3 is 23.1 Å². The zero-order valence-electron chi connectivity index (χ0n) is 29.2. The van der Waals surface area contributed by atoms with Crippen LogP contribution in [0.2, 0.25) is 0 Å². The molecule has 0 amide bonds. The minimum atomic E-state index is 0. The van der Waals surface area contributed by atoms with Crippen LogP contribution < -0.4 is 47.4 Å². The number of hydrogen-bond acceptors (Lipinski definition) is 11. The van der Waals surface area contributed by atoms with Crippen molar-refractivity contribution >= 4 is 57.8 Å². The Morgan fingerprint density at radius 3 is 1.69 bits per heavy atom. The molecule has 2 saturated carbocycles. The van der Waals surface area contributed by atoms with Crippen LogP contribution in [0.15, 0.2) is 76.7 Å². The van der Waals surface area contributed by atoms with Crippen LogP contribution >= 0.6 is 11.8 Å². The number of nitrogen functional groups attached to an aromatic ring is 2. The number of nitriles is 2. The second-order valence-electron chi connectivity index (χ2n) is 12.0. The number of nitrogens with two attached hydrogens (primary N) is 2. The zero-order valence-corrected chi connectivity index (χ0v) is 33.0. The van der Waals surface area contributed by atoms with Crippen molar-refractivity contribution in [2.45, 2.75) is 41.5 Å². The molecular weight excluding hydrogens is 793 g/mol. The number of hydrogen-bond donors (Lipinski definition) is 2. The predicted octanol–water partition coefficient (Wildman–Crippen LogP) is 5.60. The maximum atomic E-state index is 9.84. The molecule has 0 atom stereocenters. The molecule has 0 spiro atoms. The van der Waals surface area contributed by atoms with Gasteiger partial charge in [0.1, 0.15) is 28.8 Å². The first-order valence-corrected chi connectivity index (χ1v) is 17.3. The van der Waals surface area contributed by atoms with E-state index in [2.05, 4.69) is 38.2 Å². The van der Waals surface area contributed by atoms with E-state index in [9.17, 15) is 10.5 Å². The Bertz CT molecular complexity index is 2420. The van der Waals surface area contributed by atoms with Crippen LogP contribution in [0, 0.1) is 42.2 Å². The van der Waals surface area contributed by atoms with Crippen LogP contribution in [-0.2, 0) is 0 Å². The monoisotopic (exact) mass is 820 g/mol.